The van der Waals surface area contributed by atoms with Crippen molar-refractivity contribution in [1.82, 2.24) is 0 Å². The van der Waals surface area contributed by atoms with Gasteiger partial charge in [0.2, 0.25) is 0 Å². The van der Waals surface area contributed by atoms with E-state index in [1.54, 1.807) is 42.5 Å². The summed E-state index contributed by atoms with van der Waals surface area (Å²) in [5, 5.41) is 9.56. The number of sulfone groups is 1. The van der Waals surface area contributed by atoms with Gasteiger partial charge in [0.1, 0.15) is 0 Å². The van der Waals surface area contributed by atoms with Gasteiger partial charge in [-0.2, -0.15) is 5.26 Å². The Morgan fingerprint density at radius 2 is 1.95 bits per heavy atom. The Labute approximate surface area is 121 Å². The van der Waals surface area contributed by atoms with Crippen LogP contribution in [0.5, 0.6) is 0 Å². The van der Waals surface area contributed by atoms with Gasteiger partial charge in [-0.3, -0.25) is 0 Å². The molecule has 1 atom stereocenters. The third-order valence-corrected chi connectivity index (χ3v) is 5.77. The van der Waals surface area contributed by atoms with Crippen LogP contribution in [-0.4, -0.2) is 13.2 Å². The van der Waals surface area contributed by atoms with Crippen molar-refractivity contribution < 1.29 is 8.42 Å². The SMILES string of the molecule is C/C=C/CC(C#N)(CCCC)S(=O)(=O)c1ccccc1. The van der Waals surface area contributed by atoms with Crippen molar-refractivity contribution in [2.24, 2.45) is 0 Å². The molecule has 0 aliphatic heterocycles. The topological polar surface area (TPSA) is 57.9 Å². The summed E-state index contributed by atoms with van der Waals surface area (Å²) in [6.45, 7) is 3.82. The van der Waals surface area contributed by atoms with Crippen LogP contribution in [0, 0.1) is 11.3 Å². The second-order valence-electron chi connectivity index (χ2n) is 4.80. The molecular weight excluding hydrogens is 270 g/mol. The molecule has 20 heavy (non-hydrogen) atoms. The fourth-order valence-electron chi connectivity index (χ4n) is 2.10. The summed E-state index contributed by atoms with van der Waals surface area (Å²) in [4.78, 5) is 0.224. The van der Waals surface area contributed by atoms with E-state index in [1.807, 2.05) is 13.8 Å². The third kappa shape index (κ3) is 3.29. The van der Waals surface area contributed by atoms with Crippen LogP contribution in [0.15, 0.2) is 47.4 Å². The molecule has 0 heterocycles. The van der Waals surface area contributed by atoms with Crippen molar-refractivity contribution in [2.75, 3.05) is 0 Å². The largest absolute Gasteiger partial charge is 0.222 e. The van der Waals surface area contributed by atoms with Gasteiger partial charge < -0.3 is 0 Å². The number of allylic oxidation sites excluding steroid dienone is 2. The molecule has 1 aromatic rings. The zero-order valence-corrected chi connectivity index (χ0v) is 12.9. The van der Waals surface area contributed by atoms with Gasteiger partial charge in [-0.05, 0) is 31.9 Å². The maximum absolute atomic E-state index is 12.8. The van der Waals surface area contributed by atoms with Gasteiger partial charge in [-0.1, -0.05) is 50.1 Å². The Morgan fingerprint density at radius 3 is 2.45 bits per heavy atom. The minimum atomic E-state index is -3.67. The molecule has 0 saturated carbocycles. The average molecular weight is 291 g/mol. The van der Waals surface area contributed by atoms with Gasteiger partial charge in [0.25, 0.3) is 0 Å². The van der Waals surface area contributed by atoms with Crippen LogP contribution in [0.1, 0.15) is 39.5 Å². The molecule has 4 heteroatoms. The molecule has 0 saturated heterocycles. The number of nitriles is 1. The summed E-state index contributed by atoms with van der Waals surface area (Å²) in [6.07, 6.45) is 5.73. The third-order valence-electron chi connectivity index (χ3n) is 3.39. The summed E-state index contributed by atoms with van der Waals surface area (Å²) in [6, 6.07) is 10.3. The highest BCUT2D eigenvalue weighted by Gasteiger charge is 2.43. The zero-order chi connectivity index (χ0) is 15.1. The molecule has 1 unspecified atom stereocenters. The first-order valence-electron chi connectivity index (χ1n) is 6.86. The van der Waals surface area contributed by atoms with Crippen molar-refractivity contribution in [3.05, 3.63) is 42.5 Å². The Hall–Kier alpha value is -1.60. The smallest absolute Gasteiger partial charge is 0.197 e. The standard InChI is InChI=1S/C16H21NO2S/c1-3-5-12-16(14-17,13-6-4-2)20(18,19)15-10-8-7-9-11-15/h3,5,7-11H,4,6,12-13H2,1-2H3/b5-3+. The van der Waals surface area contributed by atoms with Crippen molar-refractivity contribution in [3.8, 4) is 6.07 Å². The summed E-state index contributed by atoms with van der Waals surface area (Å²) in [5.41, 5.74) is 0. The fourth-order valence-corrected chi connectivity index (χ4v) is 3.92. The van der Waals surface area contributed by atoms with Gasteiger partial charge in [0, 0.05) is 0 Å². The lowest BCUT2D eigenvalue weighted by molar-refractivity contribution is 0.525. The van der Waals surface area contributed by atoms with Crippen molar-refractivity contribution in [2.45, 2.75) is 49.2 Å². The molecule has 0 N–H and O–H groups in total. The van der Waals surface area contributed by atoms with E-state index < -0.39 is 14.6 Å². The maximum atomic E-state index is 12.8. The van der Waals surface area contributed by atoms with Gasteiger partial charge in [-0.25, -0.2) is 8.42 Å². The molecule has 1 rings (SSSR count). The second-order valence-corrected chi connectivity index (χ2v) is 7.06. The van der Waals surface area contributed by atoms with E-state index in [-0.39, 0.29) is 11.3 Å². The molecule has 0 aromatic heterocycles. The Kier molecular flexibility index (Phi) is 5.97. The average Bonchev–Trinajstić information content (AvgIpc) is 2.48. The molecule has 108 valence electrons. The van der Waals surface area contributed by atoms with E-state index in [1.165, 1.54) is 0 Å². The van der Waals surface area contributed by atoms with E-state index in [0.29, 0.717) is 6.42 Å². The molecule has 3 nitrogen and oxygen atoms in total. The zero-order valence-electron chi connectivity index (χ0n) is 12.0. The summed E-state index contributed by atoms with van der Waals surface area (Å²) >= 11 is 0. The summed E-state index contributed by atoms with van der Waals surface area (Å²) in [5.74, 6) is 0. The fraction of sp³-hybridized carbons (Fsp3) is 0.438. The number of rotatable bonds is 7. The number of benzene rings is 1. The lowest BCUT2D eigenvalue weighted by atomic mass is 9.99. The number of unbranched alkanes of at least 4 members (excludes halogenated alkanes) is 1. The maximum Gasteiger partial charge on any atom is 0.197 e. The molecule has 0 aliphatic carbocycles. The molecule has 0 radical (unpaired) electrons. The lowest BCUT2D eigenvalue weighted by Gasteiger charge is -2.25. The molecule has 0 bridgehead atoms. The highest BCUT2D eigenvalue weighted by molar-refractivity contribution is 7.93. The van der Waals surface area contributed by atoms with Crippen LogP contribution in [-0.2, 0) is 9.84 Å². The molecule has 0 aliphatic rings. The highest BCUT2D eigenvalue weighted by atomic mass is 32.2. The van der Waals surface area contributed by atoms with E-state index >= 15 is 0 Å². The molecular formula is C16H21NO2S. The van der Waals surface area contributed by atoms with E-state index in [2.05, 4.69) is 6.07 Å². The van der Waals surface area contributed by atoms with Crippen LogP contribution < -0.4 is 0 Å². The van der Waals surface area contributed by atoms with Crippen LogP contribution in [0.25, 0.3) is 0 Å². The van der Waals surface area contributed by atoms with Gasteiger partial charge >= 0.3 is 0 Å². The van der Waals surface area contributed by atoms with E-state index in [4.69, 9.17) is 0 Å². The summed E-state index contributed by atoms with van der Waals surface area (Å²) < 4.78 is 24.3. The monoisotopic (exact) mass is 291 g/mol. The van der Waals surface area contributed by atoms with Gasteiger partial charge in [0.05, 0.1) is 11.0 Å². The first-order chi connectivity index (χ1) is 9.54. The lowest BCUT2D eigenvalue weighted by Crippen LogP contribution is -2.37. The second kappa shape index (κ2) is 7.25. The van der Waals surface area contributed by atoms with Gasteiger partial charge in [0.15, 0.2) is 14.6 Å². The van der Waals surface area contributed by atoms with Crippen LogP contribution in [0.2, 0.25) is 0 Å². The van der Waals surface area contributed by atoms with Crippen molar-refractivity contribution >= 4 is 9.84 Å². The minimum absolute atomic E-state index is 0.224. The molecule has 0 fully saturated rings. The normalized spacial score (nSPS) is 14.8. The number of hydrogen-bond acceptors (Lipinski definition) is 3. The minimum Gasteiger partial charge on any atom is -0.222 e. The Morgan fingerprint density at radius 1 is 1.30 bits per heavy atom. The number of hydrogen-bond donors (Lipinski definition) is 0. The van der Waals surface area contributed by atoms with Gasteiger partial charge in [-0.15, -0.1) is 0 Å². The molecule has 0 spiro atoms. The number of nitrogens with zero attached hydrogens (tertiary/aromatic N) is 1. The van der Waals surface area contributed by atoms with Crippen LogP contribution in [0.3, 0.4) is 0 Å². The Bertz CT molecular complexity index is 585. The van der Waals surface area contributed by atoms with Crippen LogP contribution in [0.4, 0.5) is 0 Å². The van der Waals surface area contributed by atoms with Crippen LogP contribution >= 0.6 is 0 Å². The van der Waals surface area contributed by atoms with E-state index in [0.717, 1.165) is 12.8 Å². The van der Waals surface area contributed by atoms with Crippen molar-refractivity contribution in [3.63, 3.8) is 0 Å². The molecule has 1 aromatic carbocycles. The predicted octanol–water partition coefficient (Wildman–Crippen LogP) is 3.88. The van der Waals surface area contributed by atoms with E-state index in [9.17, 15) is 13.7 Å². The summed E-state index contributed by atoms with van der Waals surface area (Å²) in [7, 11) is -3.67. The highest BCUT2D eigenvalue weighted by Crippen LogP contribution is 2.33. The Balaban J connectivity index is 3.32. The predicted molar refractivity (Wildman–Crippen MR) is 80.9 cm³/mol. The quantitative estimate of drug-likeness (QED) is 0.716. The first-order valence-corrected chi connectivity index (χ1v) is 8.34. The van der Waals surface area contributed by atoms with Crippen molar-refractivity contribution in [1.29, 1.82) is 5.26 Å². The molecule has 0 amide bonds. The first kappa shape index (κ1) is 16.5.